The molecular formula is C23H24ClF3N4O5S2. The number of carbonyl (C=O) groups is 1. The number of aromatic nitrogens is 2. The number of alkyl halides is 3. The number of hydrogen-bond acceptors (Lipinski definition) is 8. The molecule has 0 saturated carbocycles. The Bertz CT molecular complexity index is 1300. The number of carboxylic acids is 1. The number of carboxylic acid groups (broad SMARTS) is 1. The molecule has 2 aromatic carbocycles. The minimum absolute atomic E-state index is 0.0405. The Balaban J connectivity index is 0.000000505. The van der Waals surface area contributed by atoms with Gasteiger partial charge in [-0.3, -0.25) is 9.62 Å². The van der Waals surface area contributed by atoms with Crippen LogP contribution in [0.25, 0.3) is 0 Å². The van der Waals surface area contributed by atoms with Gasteiger partial charge in [0.25, 0.3) is 10.0 Å². The molecule has 4 rings (SSSR count). The van der Waals surface area contributed by atoms with Gasteiger partial charge in [-0.25, -0.2) is 18.2 Å². The Labute approximate surface area is 226 Å². The number of aliphatic carboxylic acids is 1. The normalized spacial score (nSPS) is 15.7. The number of halogens is 4. The number of rotatable bonds is 7. The highest BCUT2D eigenvalue weighted by atomic mass is 35.5. The monoisotopic (exact) mass is 592 g/mol. The second kappa shape index (κ2) is 12.7. The average Bonchev–Trinajstić information content (AvgIpc) is 3.38. The van der Waals surface area contributed by atoms with Gasteiger partial charge in [0.2, 0.25) is 5.13 Å². The topological polar surface area (TPSA) is 122 Å². The van der Waals surface area contributed by atoms with Crippen molar-refractivity contribution in [2.45, 2.75) is 43.0 Å². The summed E-state index contributed by atoms with van der Waals surface area (Å²) >= 11 is 7.31. The van der Waals surface area contributed by atoms with Crippen molar-refractivity contribution >= 4 is 44.3 Å². The Kier molecular flexibility index (Phi) is 9.93. The van der Waals surface area contributed by atoms with Gasteiger partial charge in [0.15, 0.2) is 0 Å². The summed E-state index contributed by atoms with van der Waals surface area (Å²) in [6, 6.07) is 15.3. The molecule has 1 aliphatic heterocycles. The predicted octanol–water partition coefficient (Wildman–Crippen LogP) is 5.23. The van der Waals surface area contributed by atoms with Crippen LogP contribution in [0.3, 0.4) is 0 Å². The molecule has 0 bridgehead atoms. The van der Waals surface area contributed by atoms with Gasteiger partial charge >= 0.3 is 12.1 Å². The fourth-order valence-corrected chi connectivity index (χ4v) is 5.62. The minimum atomic E-state index is -5.08. The summed E-state index contributed by atoms with van der Waals surface area (Å²) in [6.07, 6.45) is -1.99. The first-order chi connectivity index (χ1) is 17.9. The van der Waals surface area contributed by atoms with E-state index in [0.717, 1.165) is 37.5 Å². The van der Waals surface area contributed by atoms with Crippen LogP contribution in [-0.2, 0) is 14.8 Å². The van der Waals surface area contributed by atoms with E-state index in [0.29, 0.717) is 11.8 Å². The quantitative estimate of drug-likeness (QED) is 0.382. The maximum atomic E-state index is 12.5. The van der Waals surface area contributed by atoms with Crippen LogP contribution in [0.5, 0.6) is 5.75 Å². The lowest BCUT2D eigenvalue weighted by Crippen LogP contribution is -2.39. The second-order valence-corrected chi connectivity index (χ2v) is 11.1. The third kappa shape index (κ3) is 8.28. The van der Waals surface area contributed by atoms with Crippen molar-refractivity contribution in [2.75, 3.05) is 17.8 Å². The molecule has 9 nitrogen and oxygen atoms in total. The zero-order valence-corrected chi connectivity index (χ0v) is 22.3. The molecule has 2 N–H and O–H groups in total. The smallest absolute Gasteiger partial charge is 0.489 e. The second-order valence-electron chi connectivity index (χ2n) is 8.19. The van der Waals surface area contributed by atoms with E-state index in [9.17, 15) is 21.6 Å². The lowest BCUT2D eigenvalue weighted by Gasteiger charge is -2.36. The van der Waals surface area contributed by atoms with Crippen molar-refractivity contribution in [3.8, 4) is 5.75 Å². The van der Waals surface area contributed by atoms with Crippen molar-refractivity contribution in [2.24, 2.45) is 0 Å². The summed E-state index contributed by atoms with van der Waals surface area (Å²) < 4.78 is 69.0. The van der Waals surface area contributed by atoms with Crippen molar-refractivity contribution in [3.05, 3.63) is 65.4 Å². The van der Waals surface area contributed by atoms with Gasteiger partial charge in [-0.15, -0.1) is 0 Å². The molecule has 38 heavy (non-hydrogen) atoms. The van der Waals surface area contributed by atoms with Crippen molar-refractivity contribution in [3.63, 3.8) is 0 Å². The van der Waals surface area contributed by atoms with Gasteiger partial charge in [-0.2, -0.15) is 17.5 Å². The zero-order chi connectivity index (χ0) is 27.9. The van der Waals surface area contributed by atoms with E-state index in [1.807, 2.05) is 6.07 Å². The highest BCUT2D eigenvalue weighted by Crippen LogP contribution is 2.32. The lowest BCUT2D eigenvalue weighted by atomic mass is 10.0. The first kappa shape index (κ1) is 29.6. The van der Waals surface area contributed by atoms with Crippen LogP contribution in [0.1, 0.15) is 31.4 Å². The molecule has 0 spiro atoms. The van der Waals surface area contributed by atoms with Gasteiger partial charge in [-0.1, -0.05) is 41.9 Å². The molecule has 1 aliphatic rings. The van der Waals surface area contributed by atoms with Gasteiger partial charge in [0.05, 0.1) is 9.92 Å². The minimum Gasteiger partial charge on any atom is -0.489 e. The molecule has 0 amide bonds. The van der Waals surface area contributed by atoms with E-state index in [2.05, 4.69) is 50.2 Å². The Morgan fingerprint density at radius 1 is 1.21 bits per heavy atom. The number of benzene rings is 2. The van der Waals surface area contributed by atoms with Crippen molar-refractivity contribution in [1.82, 2.24) is 14.3 Å². The molecular weight excluding hydrogens is 569 g/mol. The number of anilines is 1. The number of likely N-dealkylation sites (tertiary alicyclic amines) is 1. The van der Waals surface area contributed by atoms with Gasteiger partial charge in [-0.05, 0) is 43.5 Å². The van der Waals surface area contributed by atoms with E-state index in [4.69, 9.17) is 26.2 Å². The van der Waals surface area contributed by atoms with E-state index in [1.165, 1.54) is 24.0 Å². The van der Waals surface area contributed by atoms with Gasteiger partial charge < -0.3 is 9.84 Å². The lowest BCUT2D eigenvalue weighted by molar-refractivity contribution is -0.192. The highest BCUT2D eigenvalue weighted by Gasteiger charge is 2.38. The van der Waals surface area contributed by atoms with Gasteiger partial charge in [0, 0.05) is 30.7 Å². The summed E-state index contributed by atoms with van der Waals surface area (Å²) in [5.41, 5.74) is 1.31. The molecule has 206 valence electrons. The highest BCUT2D eigenvalue weighted by molar-refractivity contribution is 7.93. The number of piperidine rings is 1. The summed E-state index contributed by atoms with van der Waals surface area (Å²) in [5.74, 6) is -2.27. The van der Waals surface area contributed by atoms with Crippen LogP contribution in [0, 0.1) is 0 Å². The van der Waals surface area contributed by atoms with Crippen LogP contribution in [-0.4, -0.2) is 59.1 Å². The average molecular weight is 593 g/mol. The van der Waals surface area contributed by atoms with Crippen molar-refractivity contribution in [1.29, 1.82) is 0 Å². The van der Waals surface area contributed by atoms with Crippen LogP contribution >= 0.6 is 23.1 Å². The third-order valence-electron chi connectivity index (χ3n) is 5.64. The first-order valence-electron chi connectivity index (χ1n) is 11.2. The molecule has 1 aromatic heterocycles. The molecule has 0 unspecified atom stereocenters. The molecule has 2 heterocycles. The third-order valence-corrected chi connectivity index (χ3v) is 7.98. The SMILES string of the molecule is C[C@@H](c1ccccc1)N1CCC(Oc2ccc(S(=O)(=O)Nc3ncns3)cc2Cl)CC1.O=C(O)C(F)(F)F. The summed E-state index contributed by atoms with van der Waals surface area (Å²) in [7, 11) is -3.79. The number of nitrogens with one attached hydrogen (secondary N) is 1. The molecule has 3 aromatic rings. The molecule has 0 aliphatic carbocycles. The van der Waals surface area contributed by atoms with E-state index in [-0.39, 0.29) is 21.2 Å². The molecule has 15 heteroatoms. The fourth-order valence-electron chi connectivity index (χ4n) is 3.64. The molecule has 1 saturated heterocycles. The summed E-state index contributed by atoms with van der Waals surface area (Å²) in [5, 5.41) is 7.59. The maximum absolute atomic E-state index is 12.5. The number of ether oxygens (including phenoxy) is 1. The van der Waals surface area contributed by atoms with Crippen molar-refractivity contribution < 1.29 is 36.2 Å². The fraction of sp³-hybridized carbons (Fsp3) is 0.348. The van der Waals surface area contributed by atoms with Crippen LogP contribution in [0.4, 0.5) is 18.3 Å². The number of nitrogens with zero attached hydrogens (tertiary/aromatic N) is 3. The zero-order valence-electron chi connectivity index (χ0n) is 19.9. The summed E-state index contributed by atoms with van der Waals surface area (Å²) in [6.45, 7) is 4.08. The van der Waals surface area contributed by atoms with E-state index >= 15 is 0 Å². The largest absolute Gasteiger partial charge is 0.490 e. The van der Waals surface area contributed by atoms with E-state index in [1.54, 1.807) is 6.07 Å². The molecule has 0 radical (unpaired) electrons. The molecule has 1 fully saturated rings. The van der Waals surface area contributed by atoms with Crippen LogP contribution in [0.15, 0.2) is 59.8 Å². The Morgan fingerprint density at radius 2 is 1.84 bits per heavy atom. The van der Waals surface area contributed by atoms with Gasteiger partial charge in [0.1, 0.15) is 18.2 Å². The predicted molar refractivity (Wildman–Crippen MR) is 136 cm³/mol. The Hall–Kier alpha value is -2.94. The first-order valence-corrected chi connectivity index (χ1v) is 13.8. The van der Waals surface area contributed by atoms with Crippen LogP contribution in [0.2, 0.25) is 5.02 Å². The Morgan fingerprint density at radius 3 is 2.37 bits per heavy atom. The molecule has 1 atom stereocenters. The number of sulfonamides is 1. The number of hydrogen-bond donors (Lipinski definition) is 2. The van der Waals surface area contributed by atoms with E-state index < -0.39 is 22.2 Å². The summed E-state index contributed by atoms with van der Waals surface area (Å²) in [4.78, 5) is 15.2. The van der Waals surface area contributed by atoms with Crippen LogP contribution < -0.4 is 9.46 Å². The maximum Gasteiger partial charge on any atom is 0.490 e. The standard InChI is InChI=1S/C21H23ClN4O3S2.C2HF3O2/c1-15(16-5-3-2-4-6-16)26-11-9-17(10-12-26)29-20-8-7-18(13-19(20)22)31(27,28)25-21-23-14-24-30-21;3-2(4,5)1(6)7/h2-8,13-15,17H,9-12H2,1H3,(H,23,24,25);(H,6,7)/t15-;/m0./s1.